The molecule has 6 N–H and O–H groups in total. The third-order valence-corrected chi connectivity index (χ3v) is 21.6. The largest absolute Gasteiger partial charge is 0.505 e. The highest BCUT2D eigenvalue weighted by molar-refractivity contribution is 7.57. The molecule has 4 heterocycles. The van der Waals surface area contributed by atoms with E-state index in [1.54, 1.807) is 123 Å². The van der Waals surface area contributed by atoms with E-state index in [2.05, 4.69) is 30.8 Å². The number of hydrogen-bond acceptors (Lipinski definition) is 17. The number of carboxylic acid groups (broad SMARTS) is 1. The van der Waals surface area contributed by atoms with Gasteiger partial charge in [-0.25, -0.2) is 23.7 Å². The second kappa shape index (κ2) is 36.7. The predicted molar refractivity (Wildman–Crippen MR) is 400 cm³/mol. The predicted octanol–water partition coefficient (Wildman–Crippen LogP) is 14.0. The molecule has 0 saturated carbocycles. The van der Waals surface area contributed by atoms with Crippen molar-refractivity contribution in [2.75, 3.05) is 45.7 Å². The fraction of sp³-hybridized carbons (Fsp3) is 0.250. The number of amides is 3. The number of carboxylic acids is 1. The maximum Gasteiger partial charge on any atom is 0.336 e. The number of aromatic nitrogens is 2. The second-order valence-electron chi connectivity index (χ2n) is 25.0. The minimum atomic E-state index is -3.64. The number of halogens is 2. The summed E-state index contributed by atoms with van der Waals surface area (Å²) >= 11 is 0. The van der Waals surface area contributed by atoms with Gasteiger partial charge in [-0.1, -0.05) is 133 Å². The molecule has 0 bridgehead atoms. The van der Waals surface area contributed by atoms with Crippen molar-refractivity contribution in [2.45, 2.75) is 84.9 Å². The molecule has 556 valence electrons. The molecule has 4 atom stereocenters. The number of aromatic hydroxyl groups is 1. The summed E-state index contributed by atoms with van der Waals surface area (Å²) in [6.07, 6.45) is 3.63. The normalized spacial score (nSPS) is 13.9. The molecule has 107 heavy (non-hydrogen) atoms. The minimum Gasteiger partial charge on any atom is -0.505 e. The zero-order valence-corrected chi connectivity index (χ0v) is 61.3. The lowest BCUT2D eigenvalue weighted by molar-refractivity contribution is -0.145. The number of pyridine rings is 2. The third kappa shape index (κ3) is 19.9. The average Bonchev–Trinajstić information content (AvgIpc) is 1.63. The van der Waals surface area contributed by atoms with Crippen LogP contribution in [0.25, 0.3) is 21.8 Å². The van der Waals surface area contributed by atoms with Crippen LogP contribution in [-0.2, 0) is 54.4 Å². The van der Waals surface area contributed by atoms with Gasteiger partial charge in [0.25, 0.3) is 17.7 Å². The van der Waals surface area contributed by atoms with E-state index < -0.39 is 68.8 Å². The number of aromatic carboxylic acids is 1. The Labute approximate surface area is 617 Å². The first-order chi connectivity index (χ1) is 51.6. The lowest BCUT2D eigenvalue weighted by Crippen LogP contribution is -2.35. The Hall–Kier alpha value is -11.2. The number of nitrogens with zero attached hydrogens (tertiary/aromatic N) is 4. The Morgan fingerprint density at radius 3 is 1.42 bits per heavy atom. The molecule has 0 aliphatic carbocycles. The Morgan fingerprint density at radius 1 is 0.551 bits per heavy atom. The van der Waals surface area contributed by atoms with Crippen molar-refractivity contribution in [2.24, 2.45) is 0 Å². The lowest BCUT2D eigenvalue weighted by Gasteiger charge is -2.23. The zero-order valence-electron chi connectivity index (χ0n) is 59.5. The van der Waals surface area contributed by atoms with E-state index in [1.807, 2.05) is 85.9 Å². The number of ether oxygens (including phenoxy) is 3. The van der Waals surface area contributed by atoms with Crippen molar-refractivity contribution in [3.8, 4) is 23.0 Å². The van der Waals surface area contributed by atoms with Gasteiger partial charge in [0.05, 0.1) is 47.8 Å². The average molecular weight is 1500 g/mol. The van der Waals surface area contributed by atoms with Gasteiger partial charge in [-0.05, 0) is 137 Å². The van der Waals surface area contributed by atoms with Gasteiger partial charge in [-0.15, -0.1) is 0 Å². The number of carbonyl (C=O) groups is 6. The number of rotatable bonds is 30. The van der Waals surface area contributed by atoms with Gasteiger partial charge in [0.2, 0.25) is 0 Å². The molecule has 10 aromatic rings. The van der Waals surface area contributed by atoms with Gasteiger partial charge < -0.3 is 53.9 Å². The van der Waals surface area contributed by atoms with E-state index in [9.17, 15) is 56.9 Å². The van der Waals surface area contributed by atoms with E-state index >= 15 is 0 Å². The number of fused-ring (bicyclic) bond motifs is 4. The number of hydrogen-bond donors (Lipinski definition) is 6. The summed E-state index contributed by atoms with van der Waals surface area (Å²) in [6.45, 7) is 8.28. The monoisotopic (exact) mass is 1490 g/mol. The molecule has 2 aliphatic heterocycles. The summed E-state index contributed by atoms with van der Waals surface area (Å²) in [5.41, 5.74) is 4.73. The quantitative estimate of drug-likeness (QED) is 0.0138. The van der Waals surface area contributed by atoms with Crippen molar-refractivity contribution < 1.29 is 80.1 Å². The fourth-order valence-electron chi connectivity index (χ4n) is 12.3. The van der Waals surface area contributed by atoms with Crippen LogP contribution in [0.5, 0.6) is 23.0 Å². The minimum absolute atomic E-state index is 0.00335. The van der Waals surface area contributed by atoms with Crippen LogP contribution in [-0.4, -0.2) is 123 Å². The van der Waals surface area contributed by atoms with Crippen molar-refractivity contribution in [1.82, 2.24) is 40.6 Å². The smallest absolute Gasteiger partial charge is 0.336 e. The van der Waals surface area contributed by atoms with Crippen molar-refractivity contribution in [3.63, 3.8) is 0 Å². The standard InChI is InChI=1S/C33H34FN4O7P.C32H23FN2O4.C15H25N2O4P/c1-3-44-33(42)21(2)37-46(43,45-24-9-5-4-6-10-24)18-8-17-36-31(40)27-25-11-7-16-35-29(25)30(39)28-26(27)20-38(32(28)41)19-22-12-14-23(34)15-13-22;33-23-15-13-20(14-16-23)18-35-19-25-26(32(37)38)24-12-7-17-34-28(24)30(27(25)31(35)36)39-29(21-8-3-1-4-9-21)22-10-5-2-6-11-22;1-4-20-15(18)13(2)17-22(19,12-8-11-16-3)21-14-9-6-5-7-10-14/h4-7,9-16,21,39H,3,8,17-20H2,1-2H3,(H,36,40)(H,37,43);1-17,29H,18-19H2,(H,37,38);5-7,9-10,13,16H,4,8,11-12H2,1-3H3,(H,17,19)/t21-,46?;;13-,22?/m0.0/s1. The summed E-state index contributed by atoms with van der Waals surface area (Å²) in [6, 6.07) is 53.4. The molecule has 2 unspecified atom stereocenters. The summed E-state index contributed by atoms with van der Waals surface area (Å²) in [7, 11) is -5.00. The van der Waals surface area contributed by atoms with E-state index in [0.29, 0.717) is 57.1 Å². The Morgan fingerprint density at radius 2 is 0.972 bits per heavy atom. The van der Waals surface area contributed by atoms with Crippen molar-refractivity contribution >= 4 is 72.5 Å². The van der Waals surface area contributed by atoms with E-state index in [1.165, 1.54) is 42.3 Å². The SMILES string of the molecule is CCOC(=O)[C@H](C)NP(=O)(CCCNC(=O)c1c2c(c(O)c3ncccc13)C(=O)N(Cc1ccc(F)cc1)C2)Oc1ccccc1.CCOC(=O)[C@H](C)NP(=O)(CCCNC)Oc1ccccc1.O=C(O)c1c2c(c(OC(c3ccccc3)c3ccccc3)c3ncccc13)C(=O)N(Cc1ccc(F)cc1)C2. The molecule has 0 saturated heterocycles. The van der Waals surface area contributed by atoms with Crippen LogP contribution in [0.1, 0.15) is 121 Å². The molecular weight excluding hydrogens is 1410 g/mol. The van der Waals surface area contributed by atoms with Crippen LogP contribution in [0.3, 0.4) is 0 Å². The molecule has 0 radical (unpaired) electrons. The van der Waals surface area contributed by atoms with Gasteiger partial charge in [-0.2, -0.15) is 0 Å². The Bertz CT molecular complexity index is 4840. The van der Waals surface area contributed by atoms with Crippen LogP contribution in [0.4, 0.5) is 8.78 Å². The van der Waals surface area contributed by atoms with Crippen LogP contribution in [0.15, 0.2) is 207 Å². The number of phenolic OH excluding ortho intramolecular Hbond substituents is 1. The van der Waals surface area contributed by atoms with Crippen LogP contribution in [0, 0.1) is 11.6 Å². The molecule has 23 nitrogen and oxygen atoms in total. The highest BCUT2D eigenvalue weighted by Gasteiger charge is 2.40. The van der Waals surface area contributed by atoms with E-state index in [-0.39, 0.29) is 110 Å². The molecule has 2 aliphatic rings. The van der Waals surface area contributed by atoms with Gasteiger partial charge in [0, 0.05) is 67.0 Å². The summed E-state index contributed by atoms with van der Waals surface area (Å²) in [5.74, 6) is -3.46. The Balaban J connectivity index is 0.000000182. The maximum atomic E-state index is 13.9. The number of para-hydroxylation sites is 2. The Kier molecular flexibility index (Phi) is 26.9. The topological polar surface area (TPSA) is 304 Å². The number of esters is 2. The highest BCUT2D eigenvalue weighted by atomic mass is 31.2. The summed E-state index contributed by atoms with van der Waals surface area (Å²) in [4.78, 5) is 89.3. The molecule has 0 spiro atoms. The molecule has 27 heteroatoms. The molecule has 0 fully saturated rings. The number of benzene rings is 8. The lowest BCUT2D eigenvalue weighted by atomic mass is 9.96. The first kappa shape index (κ1) is 78.4. The first-order valence-corrected chi connectivity index (χ1v) is 38.4. The third-order valence-electron chi connectivity index (χ3n) is 17.3. The maximum absolute atomic E-state index is 13.9. The number of carbonyl (C=O) groups excluding carboxylic acids is 5. The molecular formula is C80H82F2N8O15P2. The van der Waals surface area contributed by atoms with Crippen LogP contribution < -0.4 is 34.6 Å². The fourth-order valence-corrected chi connectivity index (χ4v) is 16.3. The summed E-state index contributed by atoms with van der Waals surface area (Å²) < 4.78 is 82.0. The zero-order chi connectivity index (χ0) is 76.2. The van der Waals surface area contributed by atoms with Crippen LogP contribution >= 0.6 is 15.0 Å². The summed E-state index contributed by atoms with van der Waals surface area (Å²) in [5, 5.41) is 33.5. The van der Waals surface area contributed by atoms with Crippen molar-refractivity contribution in [1.29, 1.82) is 0 Å². The molecule has 8 aromatic carbocycles. The van der Waals surface area contributed by atoms with Crippen LogP contribution in [0.2, 0.25) is 0 Å². The molecule has 2 aromatic heterocycles. The van der Waals surface area contributed by atoms with E-state index in [0.717, 1.165) is 23.2 Å². The van der Waals surface area contributed by atoms with Gasteiger partial charge in [0.15, 0.2) is 11.5 Å². The molecule has 3 amide bonds. The number of phenols is 1. The highest BCUT2D eigenvalue weighted by Crippen LogP contribution is 2.47. The van der Waals surface area contributed by atoms with E-state index in [4.69, 9.17) is 23.3 Å². The van der Waals surface area contributed by atoms with Gasteiger partial charge in [-0.3, -0.25) is 43.1 Å². The first-order valence-electron chi connectivity index (χ1n) is 34.7. The molecule has 12 rings (SSSR count). The van der Waals surface area contributed by atoms with Gasteiger partial charge >= 0.3 is 32.9 Å². The second-order valence-corrected chi connectivity index (χ2v) is 29.5. The van der Waals surface area contributed by atoms with Gasteiger partial charge in [0.1, 0.15) is 52.4 Å². The van der Waals surface area contributed by atoms with Crippen molar-refractivity contribution in [3.05, 3.63) is 274 Å². The number of nitrogens with one attached hydrogen (secondary N) is 4.